The van der Waals surface area contributed by atoms with E-state index in [-0.39, 0.29) is 27.7 Å². The van der Waals surface area contributed by atoms with E-state index in [2.05, 4.69) is 33.0 Å². The van der Waals surface area contributed by atoms with Crippen molar-refractivity contribution >= 4 is 17.5 Å². The molecule has 1 aliphatic rings. The predicted molar refractivity (Wildman–Crippen MR) is 67.1 cm³/mol. The second-order valence-corrected chi connectivity index (χ2v) is 6.18. The molecule has 0 unspecified atom stereocenters. The second kappa shape index (κ2) is 3.77. The molecule has 1 fully saturated rings. The minimum absolute atomic E-state index is 0.199. The number of carbonyl (C=O) groups is 1. The van der Waals surface area contributed by atoms with Crippen molar-refractivity contribution in [2.24, 2.45) is 16.7 Å². The maximum atomic E-state index is 11.7. The minimum Gasteiger partial charge on any atom is -0.440 e. The molecule has 1 saturated carbocycles. The fourth-order valence-corrected chi connectivity index (χ4v) is 2.71. The Bertz CT molecular complexity index is 434. The average Bonchev–Trinajstić information content (AvgIpc) is 2.55. The van der Waals surface area contributed by atoms with Crippen LogP contribution in [0.4, 0.5) is 0 Å². The van der Waals surface area contributed by atoms with Crippen molar-refractivity contribution in [3.8, 4) is 0 Å². The van der Waals surface area contributed by atoms with E-state index in [0.29, 0.717) is 12.5 Å². The number of amides is 1. The molecule has 0 aliphatic heterocycles. The minimum atomic E-state index is -0.199. The Kier molecular flexibility index (Phi) is 2.77. The van der Waals surface area contributed by atoms with Gasteiger partial charge in [-0.2, -0.15) is 0 Å². The summed E-state index contributed by atoms with van der Waals surface area (Å²) in [5.41, 5.74) is 0.558. The van der Waals surface area contributed by atoms with Gasteiger partial charge in [0.25, 0.3) is 5.91 Å². The van der Waals surface area contributed by atoms with Crippen molar-refractivity contribution in [3.05, 3.63) is 23.1 Å². The third-order valence-electron chi connectivity index (χ3n) is 4.58. The third kappa shape index (κ3) is 1.97. The van der Waals surface area contributed by atoms with Crippen LogP contribution in [0.2, 0.25) is 5.22 Å². The summed E-state index contributed by atoms with van der Waals surface area (Å²) < 4.78 is 5.06. The van der Waals surface area contributed by atoms with E-state index in [1.165, 1.54) is 0 Å². The maximum absolute atomic E-state index is 11.7. The molecule has 1 heterocycles. The number of furan rings is 1. The van der Waals surface area contributed by atoms with E-state index in [1.807, 2.05) is 0 Å². The molecule has 0 radical (unpaired) electrons. The van der Waals surface area contributed by atoms with Gasteiger partial charge in [0.2, 0.25) is 0 Å². The van der Waals surface area contributed by atoms with E-state index in [0.717, 1.165) is 0 Å². The summed E-state index contributed by atoms with van der Waals surface area (Å²) in [6, 6.07) is 3.16. The fourth-order valence-electron chi connectivity index (χ4n) is 2.56. The molecule has 1 N–H and O–H groups in total. The van der Waals surface area contributed by atoms with E-state index in [9.17, 15) is 4.79 Å². The zero-order valence-electron chi connectivity index (χ0n) is 10.6. The number of rotatable bonds is 3. The summed E-state index contributed by atoms with van der Waals surface area (Å²) in [5.74, 6) is 0.575. The van der Waals surface area contributed by atoms with Gasteiger partial charge < -0.3 is 9.73 Å². The molecular formula is C13H18ClNO2. The van der Waals surface area contributed by atoms with Gasteiger partial charge in [-0.1, -0.05) is 27.7 Å². The number of halogens is 1. The third-order valence-corrected chi connectivity index (χ3v) is 4.79. The Morgan fingerprint density at radius 3 is 2.35 bits per heavy atom. The van der Waals surface area contributed by atoms with Gasteiger partial charge in [0.05, 0.1) is 0 Å². The Morgan fingerprint density at radius 1 is 1.35 bits per heavy atom. The number of hydrogen-bond donors (Lipinski definition) is 1. The van der Waals surface area contributed by atoms with Crippen molar-refractivity contribution in [2.75, 3.05) is 6.54 Å². The standard InChI is InChI=1S/C13H18ClNO2/c1-12(2)9(13(12,3)4)7-15-11(16)8-5-6-10(14)17-8/h5-6,9H,7H2,1-4H3,(H,15,16). The normalized spacial score (nSPS) is 21.2. The number of carbonyl (C=O) groups excluding carboxylic acids is 1. The smallest absolute Gasteiger partial charge is 0.287 e. The predicted octanol–water partition coefficient (Wildman–Crippen LogP) is 3.35. The highest BCUT2D eigenvalue weighted by molar-refractivity contribution is 6.29. The first-order chi connectivity index (χ1) is 7.76. The van der Waals surface area contributed by atoms with E-state index >= 15 is 0 Å². The van der Waals surface area contributed by atoms with Crippen LogP contribution in [0.5, 0.6) is 0 Å². The van der Waals surface area contributed by atoms with Crippen LogP contribution in [0.1, 0.15) is 38.2 Å². The first-order valence-corrected chi connectivity index (χ1v) is 6.18. The van der Waals surface area contributed by atoms with Crippen LogP contribution in [0.3, 0.4) is 0 Å². The summed E-state index contributed by atoms with van der Waals surface area (Å²) in [4.78, 5) is 11.7. The van der Waals surface area contributed by atoms with Crippen LogP contribution in [0.25, 0.3) is 0 Å². The summed E-state index contributed by atoms with van der Waals surface area (Å²) in [6.45, 7) is 9.60. The largest absolute Gasteiger partial charge is 0.440 e. The van der Waals surface area contributed by atoms with Gasteiger partial charge in [-0.3, -0.25) is 4.79 Å². The average molecular weight is 256 g/mol. The van der Waals surface area contributed by atoms with E-state index in [1.54, 1.807) is 12.1 Å². The lowest BCUT2D eigenvalue weighted by molar-refractivity contribution is 0.0922. The molecule has 3 nitrogen and oxygen atoms in total. The Hall–Kier alpha value is -0.960. The highest BCUT2D eigenvalue weighted by atomic mass is 35.5. The molecule has 0 spiro atoms. The van der Waals surface area contributed by atoms with Gasteiger partial charge in [0.15, 0.2) is 11.0 Å². The van der Waals surface area contributed by atoms with Gasteiger partial charge in [-0.05, 0) is 40.5 Å². The maximum Gasteiger partial charge on any atom is 0.287 e. The highest BCUT2D eigenvalue weighted by Gasteiger charge is 2.64. The lowest BCUT2D eigenvalue weighted by Crippen LogP contribution is -2.26. The van der Waals surface area contributed by atoms with Crippen molar-refractivity contribution in [3.63, 3.8) is 0 Å². The first-order valence-electron chi connectivity index (χ1n) is 5.80. The van der Waals surface area contributed by atoms with E-state index in [4.69, 9.17) is 16.0 Å². The molecule has 0 saturated heterocycles. The van der Waals surface area contributed by atoms with Gasteiger partial charge in [0.1, 0.15) is 0 Å². The zero-order valence-corrected chi connectivity index (χ0v) is 11.4. The lowest BCUT2D eigenvalue weighted by Gasteiger charge is -2.04. The van der Waals surface area contributed by atoms with Crippen LogP contribution >= 0.6 is 11.6 Å². The first kappa shape index (κ1) is 12.5. The molecular weight excluding hydrogens is 238 g/mol. The molecule has 0 atom stereocenters. The van der Waals surface area contributed by atoms with Gasteiger partial charge in [-0.15, -0.1) is 0 Å². The summed E-state index contributed by atoms with van der Waals surface area (Å²) >= 11 is 5.62. The SMILES string of the molecule is CC1(C)C(CNC(=O)c2ccc(Cl)o2)C1(C)C. The van der Waals surface area contributed by atoms with Crippen LogP contribution < -0.4 is 5.32 Å². The fraction of sp³-hybridized carbons (Fsp3) is 0.615. The molecule has 1 aromatic heterocycles. The molecule has 94 valence electrons. The Morgan fingerprint density at radius 2 is 1.94 bits per heavy atom. The quantitative estimate of drug-likeness (QED) is 0.900. The molecule has 1 aliphatic carbocycles. The van der Waals surface area contributed by atoms with Gasteiger partial charge >= 0.3 is 0 Å². The van der Waals surface area contributed by atoms with Crippen molar-refractivity contribution in [1.29, 1.82) is 0 Å². The van der Waals surface area contributed by atoms with Crippen LogP contribution in [-0.2, 0) is 0 Å². The van der Waals surface area contributed by atoms with Crippen LogP contribution in [0.15, 0.2) is 16.5 Å². The lowest BCUT2D eigenvalue weighted by atomic mass is 10.0. The van der Waals surface area contributed by atoms with Crippen molar-refractivity contribution in [1.82, 2.24) is 5.32 Å². The van der Waals surface area contributed by atoms with Gasteiger partial charge in [0, 0.05) is 6.54 Å². The monoisotopic (exact) mass is 255 g/mol. The summed E-state index contributed by atoms with van der Waals surface area (Å²) in [7, 11) is 0. The number of nitrogens with one attached hydrogen (secondary N) is 1. The van der Waals surface area contributed by atoms with Crippen LogP contribution in [0, 0.1) is 16.7 Å². The topological polar surface area (TPSA) is 42.2 Å². The summed E-state index contributed by atoms with van der Waals surface area (Å²) in [5, 5.41) is 3.13. The molecule has 4 heteroatoms. The second-order valence-electron chi connectivity index (χ2n) is 5.81. The van der Waals surface area contributed by atoms with Crippen LogP contribution in [-0.4, -0.2) is 12.5 Å². The van der Waals surface area contributed by atoms with Crippen molar-refractivity contribution in [2.45, 2.75) is 27.7 Å². The molecule has 0 bridgehead atoms. The van der Waals surface area contributed by atoms with E-state index < -0.39 is 0 Å². The molecule has 2 rings (SSSR count). The van der Waals surface area contributed by atoms with Crippen molar-refractivity contribution < 1.29 is 9.21 Å². The molecule has 1 amide bonds. The summed E-state index contributed by atoms with van der Waals surface area (Å²) in [6.07, 6.45) is 0. The molecule has 1 aromatic rings. The number of hydrogen-bond acceptors (Lipinski definition) is 2. The van der Waals surface area contributed by atoms with Gasteiger partial charge in [-0.25, -0.2) is 0 Å². The molecule has 0 aromatic carbocycles. The Balaban J connectivity index is 1.91. The molecule has 17 heavy (non-hydrogen) atoms. The Labute approximate surface area is 107 Å². The highest BCUT2D eigenvalue weighted by Crippen LogP contribution is 2.67. The zero-order chi connectivity index (χ0) is 12.8.